The summed E-state index contributed by atoms with van der Waals surface area (Å²) in [5.41, 5.74) is 2.08. The van der Waals surface area contributed by atoms with Crippen molar-refractivity contribution in [2.45, 2.75) is 6.54 Å². The monoisotopic (exact) mass is 394 g/mol. The summed E-state index contributed by atoms with van der Waals surface area (Å²) in [6.07, 6.45) is 3.03. The number of fused-ring (bicyclic) bond motifs is 1. The summed E-state index contributed by atoms with van der Waals surface area (Å²) in [6.45, 7) is 0.0752. The number of amides is 3. The highest BCUT2D eigenvalue weighted by atomic mass is 35.5. The molecule has 1 fully saturated rings. The Labute approximate surface area is 163 Å². The highest BCUT2D eigenvalue weighted by molar-refractivity contribution is 6.31. The summed E-state index contributed by atoms with van der Waals surface area (Å²) in [5.74, 6) is -1.06. The Morgan fingerprint density at radius 3 is 2.64 bits per heavy atom. The Kier molecular flexibility index (Phi) is 4.34. The second-order valence-corrected chi connectivity index (χ2v) is 6.62. The van der Waals surface area contributed by atoms with E-state index in [1.54, 1.807) is 36.5 Å². The van der Waals surface area contributed by atoms with Gasteiger partial charge in [0.25, 0.3) is 5.91 Å². The van der Waals surface area contributed by atoms with Gasteiger partial charge in [-0.05, 0) is 29.8 Å². The second kappa shape index (κ2) is 6.83. The maximum absolute atomic E-state index is 14.1. The lowest BCUT2D eigenvalue weighted by molar-refractivity contribution is -0.123. The van der Waals surface area contributed by atoms with Crippen LogP contribution in [0.15, 0.2) is 48.3 Å². The van der Waals surface area contributed by atoms with Crippen molar-refractivity contribution in [2.75, 3.05) is 0 Å². The molecule has 1 aliphatic heterocycles. The molecule has 2 aromatic carbocycles. The minimum absolute atomic E-state index is 0.00705. The average molecular weight is 395 g/mol. The van der Waals surface area contributed by atoms with E-state index >= 15 is 0 Å². The molecule has 2 heterocycles. The summed E-state index contributed by atoms with van der Waals surface area (Å²) < 4.78 is 14.1. The second-order valence-electron chi connectivity index (χ2n) is 6.22. The van der Waals surface area contributed by atoms with Crippen LogP contribution in [-0.4, -0.2) is 21.8 Å². The number of hydrogen-bond donors (Lipinski definition) is 2. The predicted octanol–water partition coefficient (Wildman–Crippen LogP) is 3.92. The van der Waals surface area contributed by atoms with Crippen LogP contribution in [0.1, 0.15) is 16.7 Å². The van der Waals surface area contributed by atoms with Crippen molar-refractivity contribution in [1.29, 1.82) is 5.26 Å². The van der Waals surface area contributed by atoms with E-state index < -0.39 is 17.8 Å². The van der Waals surface area contributed by atoms with Gasteiger partial charge in [0.15, 0.2) is 5.82 Å². The molecule has 4 rings (SSSR count). The van der Waals surface area contributed by atoms with Gasteiger partial charge in [-0.2, -0.15) is 5.26 Å². The fourth-order valence-corrected chi connectivity index (χ4v) is 3.17. The van der Waals surface area contributed by atoms with Crippen LogP contribution in [0, 0.1) is 17.1 Å². The minimum atomic E-state index is -0.576. The summed E-state index contributed by atoms with van der Waals surface area (Å²) in [5, 5.41) is 11.9. The van der Waals surface area contributed by atoms with Gasteiger partial charge in [0, 0.05) is 17.1 Å². The zero-order valence-corrected chi connectivity index (χ0v) is 15.0. The van der Waals surface area contributed by atoms with Gasteiger partial charge in [0.1, 0.15) is 5.70 Å². The highest BCUT2D eigenvalue weighted by Crippen LogP contribution is 2.28. The molecular formula is C20H12ClFN4O2. The molecule has 1 aliphatic rings. The number of nitriles is 1. The normalized spacial score (nSPS) is 15.3. The van der Waals surface area contributed by atoms with E-state index in [4.69, 9.17) is 16.9 Å². The van der Waals surface area contributed by atoms with Gasteiger partial charge >= 0.3 is 6.03 Å². The number of nitrogens with one attached hydrogen (secondary N) is 2. The van der Waals surface area contributed by atoms with Crippen LogP contribution in [0.4, 0.5) is 9.18 Å². The van der Waals surface area contributed by atoms with E-state index in [0.717, 1.165) is 4.90 Å². The Morgan fingerprint density at radius 1 is 1.18 bits per heavy atom. The molecule has 8 heteroatoms. The third-order valence-electron chi connectivity index (χ3n) is 4.46. The number of aromatic amines is 1. The first kappa shape index (κ1) is 17.8. The fourth-order valence-electron chi connectivity index (χ4n) is 3.02. The van der Waals surface area contributed by atoms with Gasteiger partial charge in [-0.25, -0.2) is 9.18 Å². The Balaban J connectivity index is 1.62. The van der Waals surface area contributed by atoms with E-state index in [1.165, 1.54) is 12.1 Å². The van der Waals surface area contributed by atoms with Crippen molar-refractivity contribution in [1.82, 2.24) is 15.2 Å². The molecule has 0 bridgehead atoms. The molecule has 138 valence electrons. The number of carbonyl (C=O) groups is 2. The number of carbonyl (C=O) groups excluding carboxylic acids is 2. The van der Waals surface area contributed by atoms with Gasteiger partial charge in [0.2, 0.25) is 0 Å². The van der Waals surface area contributed by atoms with Crippen LogP contribution >= 0.6 is 11.6 Å². The SMILES string of the molecule is N#Cc1ccc(CN2C(=O)NC(=Cc3c[nH]c4c(F)c(Cl)ccc34)C2=O)cc1. The number of urea groups is 1. The maximum atomic E-state index is 14.1. The highest BCUT2D eigenvalue weighted by Gasteiger charge is 2.33. The van der Waals surface area contributed by atoms with Crippen LogP contribution in [0.25, 0.3) is 17.0 Å². The van der Waals surface area contributed by atoms with Gasteiger partial charge in [0.05, 0.1) is 28.7 Å². The number of H-pyrrole nitrogens is 1. The molecule has 2 N–H and O–H groups in total. The van der Waals surface area contributed by atoms with Crippen molar-refractivity contribution in [3.8, 4) is 6.07 Å². The third kappa shape index (κ3) is 3.00. The van der Waals surface area contributed by atoms with Crippen molar-refractivity contribution in [3.05, 3.63) is 75.8 Å². The van der Waals surface area contributed by atoms with Gasteiger partial charge in [-0.3, -0.25) is 9.69 Å². The first-order valence-electron chi connectivity index (χ1n) is 8.26. The van der Waals surface area contributed by atoms with Crippen LogP contribution < -0.4 is 5.32 Å². The molecule has 0 atom stereocenters. The van der Waals surface area contributed by atoms with E-state index in [2.05, 4.69) is 10.3 Å². The molecule has 1 aromatic heterocycles. The first-order valence-corrected chi connectivity index (χ1v) is 8.64. The lowest BCUT2D eigenvalue weighted by atomic mass is 10.1. The summed E-state index contributed by atoms with van der Waals surface area (Å²) in [6, 6.07) is 11.2. The van der Waals surface area contributed by atoms with E-state index in [9.17, 15) is 14.0 Å². The van der Waals surface area contributed by atoms with Crippen molar-refractivity contribution < 1.29 is 14.0 Å². The number of hydrogen-bond acceptors (Lipinski definition) is 3. The van der Waals surface area contributed by atoms with Gasteiger partial charge < -0.3 is 10.3 Å². The zero-order valence-electron chi connectivity index (χ0n) is 14.3. The minimum Gasteiger partial charge on any atom is -0.358 e. The van der Waals surface area contributed by atoms with Gasteiger partial charge in [-0.15, -0.1) is 0 Å². The molecule has 0 unspecified atom stereocenters. The Bertz CT molecular complexity index is 1190. The molecule has 28 heavy (non-hydrogen) atoms. The predicted molar refractivity (Wildman–Crippen MR) is 101 cm³/mol. The lowest BCUT2D eigenvalue weighted by Gasteiger charge is -2.11. The lowest BCUT2D eigenvalue weighted by Crippen LogP contribution is -2.30. The molecule has 3 amide bonds. The van der Waals surface area contributed by atoms with Gasteiger partial charge in [-0.1, -0.05) is 29.8 Å². The Hall–Kier alpha value is -3.63. The zero-order chi connectivity index (χ0) is 19.8. The molecule has 6 nitrogen and oxygen atoms in total. The largest absolute Gasteiger partial charge is 0.358 e. The number of nitrogens with zero attached hydrogens (tertiary/aromatic N) is 2. The van der Waals surface area contributed by atoms with E-state index in [1.807, 2.05) is 6.07 Å². The third-order valence-corrected chi connectivity index (χ3v) is 4.76. The summed E-state index contributed by atoms with van der Waals surface area (Å²) in [7, 11) is 0. The maximum Gasteiger partial charge on any atom is 0.329 e. The van der Waals surface area contributed by atoms with Crippen LogP contribution in [0.2, 0.25) is 5.02 Å². The number of benzene rings is 2. The standard InChI is InChI=1S/C20H12ClFN4O2/c21-15-6-5-14-13(9-24-18(14)17(15)22)7-16-19(27)26(20(28)25-16)10-12-3-1-11(8-23)2-4-12/h1-7,9,24H,10H2,(H,25,28). The number of aromatic nitrogens is 1. The molecule has 3 aromatic rings. The molecule has 0 aliphatic carbocycles. The molecular weight excluding hydrogens is 383 g/mol. The molecule has 1 saturated heterocycles. The molecule has 0 saturated carbocycles. The first-order chi connectivity index (χ1) is 13.5. The van der Waals surface area contributed by atoms with E-state index in [0.29, 0.717) is 22.1 Å². The average Bonchev–Trinajstić information content (AvgIpc) is 3.22. The van der Waals surface area contributed by atoms with Crippen LogP contribution in [0.5, 0.6) is 0 Å². The summed E-state index contributed by atoms with van der Waals surface area (Å²) in [4.78, 5) is 28.7. The van der Waals surface area contributed by atoms with E-state index in [-0.39, 0.29) is 22.8 Å². The smallest absolute Gasteiger partial charge is 0.329 e. The number of imide groups is 1. The topological polar surface area (TPSA) is 89.0 Å². The number of halogens is 2. The molecule has 0 spiro atoms. The van der Waals surface area contributed by atoms with Crippen LogP contribution in [-0.2, 0) is 11.3 Å². The summed E-state index contributed by atoms with van der Waals surface area (Å²) >= 11 is 5.78. The van der Waals surface area contributed by atoms with Crippen LogP contribution in [0.3, 0.4) is 0 Å². The van der Waals surface area contributed by atoms with Crippen molar-refractivity contribution in [2.24, 2.45) is 0 Å². The fraction of sp³-hybridized carbons (Fsp3) is 0.0500. The number of rotatable bonds is 3. The van der Waals surface area contributed by atoms with Crippen molar-refractivity contribution in [3.63, 3.8) is 0 Å². The Morgan fingerprint density at radius 2 is 1.93 bits per heavy atom. The van der Waals surface area contributed by atoms with Crippen molar-refractivity contribution >= 4 is 40.5 Å². The quantitative estimate of drug-likeness (QED) is 0.521. The molecule has 0 radical (unpaired) electrons.